The Hall–Kier alpha value is -2.81. The van der Waals surface area contributed by atoms with E-state index < -0.39 is 4.92 Å². The van der Waals surface area contributed by atoms with Gasteiger partial charge in [-0.2, -0.15) is 0 Å². The van der Waals surface area contributed by atoms with E-state index in [0.717, 1.165) is 11.9 Å². The Bertz CT molecular complexity index is 651. The lowest BCUT2D eigenvalue weighted by Gasteiger charge is -2.08. The van der Waals surface area contributed by atoms with E-state index in [9.17, 15) is 14.5 Å². The molecule has 0 aliphatic heterocycles. The SMILES string of the molecule is NNc1ncnc(NCCc2cccc(F)c2)c1[N+](=O)[O-]. The van der Waals surface area contributed by atoms with Gasteiger partial charge in [-0.15, -0.1) is 0 Å². The monoisotopic (exact) mass is 292 g/mol. The summed E-state index contributed by atoms with van der Waals surface area (Å²) in [5, 5.41) is 13.8. The van der Waals surface area contributed by atoms with Gasteiger partial charge in [-0.1, -0.05) is 12.1 Å². The lowest BCUT2D eigenvalue weighted by atomic mass is 10.1. The average Bonchev–Trinajstić information content (AvgIpc) is 2.46. The maximum atomic E-state index is 13.0. The molecule has 0 atom stereocenters. The first-order valence-electron chi connectivity index (χ1n) is 6.06. The summed E-state index contributed by atoms with van der Waals surface area (Å²) in [5.41, 5.74) is 2.59. The van der Waals surface area contributed by atoms with Crippen LogP contribution in [0, 0.1) is 15.9 Å². The van der Waals surface area contributed by atoms with Crippen LogP contribution >= 0.6 is 0 Å². The fourth-order valence-corrected chi connectivity index (χ4v) is 1.80. The molecule has 2 rings (SSSR count). The topological polar surface area (TPSA) is 119 Å². The van der Waals surface area contributed by atoms with Crippen LogP contribution in [0.4, 0.5) is 21.7 Å². The summed E-state index contributed by atoms with van der Waals surface area (Å²) in [6, 6.07) is 6.13. The van der Waals surface area contributed by atoms with Crippen molar-refractivity contribution in [2.75, 3.05) is 17.3 Å². The maximum absolute atomic E-state index is 13.0. The van der Waals surface area contributed by atoms with Crippen molar-refractivity contribution in [3.05, 3.63) is 52.1 Å². The number of anilines is 2. The fourth-order valence-electron chi connectivity index (χ4n) is 1.80. The molecule has 0 bridgehead atoms. The van der Waals surface area contributed by atoms with Gasteiger partial charge in [0.2, 0.25) is 11.6 Å². The molecule has 0 saturated heterocycles. The van der Waals surface area contributed by atoms with Crippen LogP contribution in [0.15, 0.2) is 30.6 Å². The third kappa shape index (κ3) is 3.60. The fraction of sp³-hybridized carbons (Fsp3) is 0.167. The number of nitrogens with zero attached hydrogens (tertiary/aromatic N) is 3. The Labute approximate surface area is 119 Å². The number of nitro groups is 1. The molecule has 0 aliphatic rings. The molecule has 0 spiro atoms. The van der Waals surface area contributed by atoms with Crippen LogP contribution in [0.5, 0.6) is 0 Å². The van der Waals surface area contributed by atoms with Crippen molar-refractivity contribution in [3.63, 3.8) is 0 Å². The molecule has 9 heteroatoms. The minimum atomic E-state index is -0.625. The van der Waals surface area contributed by atoms with E-state index in [1.54, 1.807) is 12.1 Å². The second-order valence-corrected chi connectivity index (χ2v) is 4.13. The third-order valence-corrected chi connectivity index (χ3v) is 2.74. The Morgan fingerprint density at radius 3 is 2.76 bits per heavy atom. The molecule has 1 aromatic carbocycles. The van der Waals surface area contributed by atoms with Crippen molar-refractivity contribution >= 4 is 17.3 Å². The number of aromatic nitrogens is 2. The van der Waals surface area contributed by atoms with Crippen molar-refractivity contribution in [1.29, 1.82) is 0 Å². The lowest BCUT2D eigenvalue weighted by molar-refractivity contribution is -0.383. The number of benzene rings is 1. The third-order valence-electron chi connectivity index (χ3n) is 2.74. The van der Waals surface area contributed by atoms with Crippen LogP contribution in [0.25, 0.3) is 0 Å². The predicted molar refractivity (Wildman–Crippen MR) is 75.1 cm³/mol. The molecule has 21 heavy (non-hydrogen) atoms. The molecule has 0 radical (unpaired) electrons. The first-order chi connectivity index (χ1) is 10.1. The normalized spacial score (nSPS) is 10.2. The summed E-state index contributed by atoms with van der Waals surface area (Å²) in [6.45, 7) is 0.352. The van der Waals surface area contributed by atoms with Gasteiger partial charge in [-0.05, 0) is 24.1 Å². The van der Waals surface area contributed by atoms with E-state index in [-0.39, 0.29) is 23.1 Å². The van der Waals surface area contributed by atoms with Crippen molar-refractivity contribution in [3.8, 4) is 0 Å². The zero-order valence-corrected chi connectivity index (χ0v) is 10.9. The van der Waals surface area contributed by atoms with E-state index in [4.69, 9.17) is 5.84 Å². The Kier molecular flexibility index (Phi) is 4.57. The standard InChI is InChI=1S/C12H13FN6O2/c13-9-3-1-2-8(6-9)4-5-15-11-10(19(20)21)12(18-14)17-7-16-11/h1-3,6-7H,4-5,14H2,(H2,15,16,17,18). The summed E-state index contributed by atoms with van der Waals surface area (Å²) in [6.07, 6.45) is 1.65. The number of hydrogen-bond donors (Lipinski definition) is 3. The molecule has 0 unspecified atom stereocenters. The maximum Gasteiger partial charge on any atom is 0.354 e. The van der Waals surface area contributed by atoms with Crippen LogP contribution in [0.1, 0.15) is 5.56 Å². The van der Waals surface area contributed by atoms with Crippen LogP contribution in [0.2, 0.25) is 0 Å². The van der Waals surface area contributed by atoms with Gasteiger partial charge >= 0.3 is 5.69 Å². The highest BCUT2D eigenvalue weighted by molar-refractivity contribution is 5.68. The van der Waals surface area contributed by atoms with Crippen molar-refractivity contribution in [1.82, 2.24) is 9.97 Å². The zero-order valence-electron chi connectivity index (χ0n) is 10.9. The summed E-state index contributed by atoms with van der Waals surface area (Å²) in [4.78, 5) is 17.9. The molecule has 0 amide bonds. The van der Waals surface area contributed by atoms with Crippen LogP contribution < -0.4 is 16.6 Å². The molecular formula is C12H13FN6O2. The van der Waals surface area contributed by atoms with Gasteiger partial charge in [0.05, 0.1) is 4.92 Å². The van der Waals surface area contributed by atoms with E-state index in [2.05, 4.69) is 20.7 Å². The number of hydrazine groups is 1. The minimum absolute atomic E-state index is 0.0550. The highest BCUT2D eigenvalue weighted by atomic mass is 19.1. The number of rotatable bonds is 6. The molecular weight excluding hydrogens is 279 g/mol. The second-order valence-electron chi connectivity index (χ2n) is 4.13. The summed E-state index contributed by atoms with van der Waals surface area (Å²) < 4.78 is 13.0. The van der Waals surface area contributed by atoms with E-state index in [1.165, 1.54) is 12.1 Å². The highest BCUT2D eigenvalue weighted by Gasteiger charge is 2.21. The Balaban J connectivity index is 2.08. The molecule has 4 N–H and O–H groups in total. The van der Waals surface area contributed by atoms with E-state index >= 15 is 0 Å². The number of nitrogens with one attached hydrogen (secondary N) is 2. The summed E-state index contributed by atoms with van der Waals surface area (Å²) >= 11 is 0. The molecule has 0 saturated carbocycles. The van der Waals surface area contributed by atoms with Gasteiger partial charge in [-0.3, -0.25) is 10.1 Å². The van der Waals surface area contributed by atoms with Crippen LogP contribution in [0.3, 0.4) is 0 Å². The highest BCUT2D eigenvalue weighted by Crippen LogP contribution is 2.27. The second kappa shape index (κ2) is 6.57. The van der Waals surface area contributed by atoms with Gasteiger partial charge in [-0.25, -0.2) is 20.2 Å². The Morgan fingerprint density at radius 1 is 1.33 bits per heavy atom. The Morgan fingerprint density at radius 2 is 2.10 bits per heavy atom. The lowest BCUT2D eigenvalue weighted by Crippen LogP contribution is -2.14. The number of nitrogens with two attached hydrogens (primary N) is 1. The molecule has 2 aromatic rings. The van der Waals surface area contributed by atoms with E-state index in [1.807, 2.05) is 0 Å². The van der Waals surface area contributed by atoms with Crippen LogP contribution in [-0.2, 0) is 6.42 Å². The molecule has 8 nitrogen and oxygen atoms in total. The smallest absolute Gasteiger partial charge is 0.354 e. The number of halogens is 1. The van der Waals surface area contributed by atoms with Crippen molar-refractivity contribution < 1.29 is 9.31 Å². The quantitative estimate of drug-likeness (QED) is 0.419. The molecule has 1 aromatic heterocycles. The summed E-state index contributed by atoms with van der Waals surface area (Å²) in [5.74, 6) is 4.83. The van der Waals surface area contributed by atoms with Crippen LogP contribution in [-0.4, -0.2) is 21.4 Å². The van der Waals surface area contributed by atoms with Gasteiger partial charge in [0.15, 0.2) is 0 Å². The molecule has 1 heterocycles. The van der Waals surface area contributed by atoms with Crippen molar-refractivity contribution in [2.24, 2.45) is 5.84 Å². The molecule has 110 valence electrons. The zero-order chi connectivity index (χ0) is 15.2. The largest absolute Gasteiger partial charge is 0.364 e. The first-order valence-corrected chi connectivity index (χ1v) is 6.06. The average molecular weight is 292 g/mol. The summed E-state index contributed by atoms with van der Waals surface area (Å²) in [7, 11) is 0. The van der Waals surface area contributed by atoms with Gasteiger partial charge in [0.25, 0.3) is 0 Å². The molecule has 0 fully saturated rings. The minimum Gasteiger partial charge on any atom is -0.364 e. The van der Waals surface area contributed by atoms with Gasteiger partial charge in [0, 0.05) is 6.54 Å². The van der Waals surface area contributed by atoms with Gasteiger partial charge < -0.3 is 10.7 Å². The molecule has 0 aliphatic carbocycles. The van der Waals surface area contributed by atoms with Crippen molar-refractivity contribution in [2.45, 2.75) is 6.42 Å². The van der Waals surface area contributed by atoms with E-state index in [0.29, 0.717) is 13.0 Å². The number of hydrogen-bond acceptors (Lipinski definition) is 7. The predicted octanol–water partition coefficient (Wildman–Crippen LogP) is 1.46. The van der Waals surface area contributed by atoms with Gasteiger partial charge in [0.1, 0.15) is 12.1 Å². The first kappa shape index (κ1) is 14.6. The number of nitrogen functional groups attached to an aromatic ring is 1.